The summed E-state index contributed by atoms with van der Waals surface area (Å²) in [7, 11) is 0. The number of Topliss-reactive ketones (excluding diaryl/α,β-unsaturated/α-hetero) is 1. The summed E-state index contributed by atoms with van der Waals surface area (Å²) in [5, 5.41) is 0. The van der Waals surface area contributed by atoms with Crippen LogP contribution in [0.15, 0.2) is 54.6 Å². The minimum absolute atomic E-state index is 0.0170. The Bertz CT molecular complexity index is 903. The molecular formula is C27H34O5. The first-order chi connectivity index (χ1) is 14.8. The Hall–Kier alpha value is -2.95. The van der Waals surface area contributed by atoms with Gasteiger partial charge in [0.25, 0.3) is 0 Å². The molecule has 0 N–H and O–H groups in total. The van der Waals surface area contributed by atoms with Crippen molar-refractivity contribution in [3.63, 3.8) is 0 Å². The lowest BCUT2D eigenvalue weighted by Gasteiger charge is -2.27. The highest BCUT2D eigenvalue weighted by Crippen LogP contribution is 2.25. The number of esters is 2. The van der Waals surface area contributed by atoms with Gasteiger partial charge in [0.2, 0.25) is 0 Å². The Balaban J connectivity index is 2.18. The molecule has 0 amide bonds. The molecule has 2 aromatic carbocycles. The lowest BCUT2D eigenvalue weighted by Crippen LogP contribution is -2.38. The average Bonchev–Trinajstić information content (AvgIpc) is 2.69. The maximum atomic E-state index is 13.0. The van der Waals surface area contributed by atoms with Crippen molar-refractivity contribution < 1.29 is 23.9 Å². The van der Waals surface area contributed by atoms with Crippen LogP contribution in [0.25, 0.3) is 11.1 Å². The van der Waals surface area contributed by atoms with E-state index in [1.807, 2.05) is 42.5 Å². The zero-order valence-electron chi connectivity index (χ0n) is 20.1. The van der Waals surface area contributed by atoms with E-state index in [1.54, 1.807) is 60.6 Å². The van der Waals surface area contributed by atoms with E-state index >= 15 is 0 Å². The van der Waals surface area contributed by atoms with E-state index < -0.39 is 35.0 Å². The van der Waals surface area contributed by atoms with Crippen LogP contribution in [-0.4, -0.2) is 28.9 Å². The average molecular weight is 439 g/mol. The second-order valence-electron chi connectivity index (χ2n) is 10.1. The Morgan fingerprint density at radius 3 is 1.59 bits per heavy atom. The third kappa shape index (κ3) is 7.63. The van der Waals surface area contributed by atoms with Gasteiger partial charge in [0.1, 0.15) is 11.2 Å². The van der Waals surface area contributed by atoms with Gasteiger partial charge in [-0.2, -0.15) is 0 Å². The summed E-state index contributed by atoms with van der Waals surface area (Å²) in [5.74, 6) is -3.23. The molecule has 0 bridgehead atoms. The van der Waals surface area contributed by atoms with Gasteiger partial charge in [0.15, 0.2) is 11.7 Å². The van der Waals surface area contributed by atoms with Gasteiger partial charge >= 0.3 is 11.9 Å². The first kappa shape index (κ1) is 25.3. The quantitative estimate of drug-likeness (QED) is 0.307. The Labute approximate surface area is 191 Å². The normalized spacial score (nSPS) is 12.9. The summed E-state index contributed by atoms with van der Waals surface area (Å²) in [4.78, 5) is 38.5. The fraction of sp³-hybridized carbons (Fsp3) is 0.444. The van der Waals surface area contributed by atoms with Gasteiger partial charge in [-0.3, -0.25) is 14.4 Å². The largest absolute Gasteiger partial charge is 0.459 e. The summed E-state index contributed by atoms with van der Waals surface area (Å²) in [5.41, 5.74) is 1.10. The number of rotatable bonds is 7. The molecule has 2 aromatic rings. The number of carbonyl (C=O) groups is 3. The molecule has 172 valence electrons. The van der Waals surface area contributed by atoms with Gasteiger partial charge in [0, 0.05) is 11.5 Å². The fourth-order valence-corrected chi connectivity index (χ4v) is 3.24. The zero-order chi connectivity index (χ0) is 24.1. The van der Waals surface area contributed by atoms with E-state index in [2.05, 4.69) is 0 Å². The molecule has 0 fully saturated rings. The van der Waals surface area contributed by atoms with E-state index in [4.69, 9.17) is 9.47 Å². The standard InChI is InChI=1S/C27H34O5/c1-18(17-22(24(29)31-26(2,3)4)25(30)32-27(5,6)7)23(28)21-15-13-20(14-16-21)19-11-9-8-10-12-19/h8-16,18,22H,17H2,1-7H3. The number of ether oxygens (including phenoxy) is 2. The van der Waals surface area contributed by atoms with Crippen molar-refractivity contribution in [2.75, 3.05) is 0 Å². The number of hydrogen-bond donors (Lipinski definition) is 0. The minimum atomic E-state index is -1.17. The molecule has 1 unspecified atom stereocenters. The number of ketones is 1. The van der Waals surface area contributed by atoms with E-state index in [0.717, 1.165) is 11.1 Å². The Kier molecular flexibility index (Phi) is 8.00. The van der Waals surface area contributed by atoms with Crippen LogP contribution < -0.4 is 0 Å². The van der Waals surface area contributed by atoms with Crippen LogP contribution in [0.5, 0.6) is 0 Å². The van der Waals surface area contributed by atoms with Crippen LogP contribution in [0.3, 0.4) is 0 Å². The summed E-state index contributed by atoms with van der Waals surface area (Å²) in [6.07, 6.45) is 0.0170. The number of benzene rings is 2. The molecule has 5 nitrogen and oxygen atoms in total. The van der Waals surface area contributed by atoms with Gasteiger partial charge in [0.05, 0.1) is 0 Å². The summed E-state index contributed by atoms with van der Waals surface area (Å²) in [6, 6.07) is 17.2. The molecule has 2 rings (SSSR count). The first-order valence-corrected chi connectivity index (χ1v) is 10.9. The molecular weight excluding hydrogens is 404 g/mol. The van der Waals surface area contributed by atoms with Crippen molar-refractivity contribution in [1.29, 1.82) is 0 Å². The van der Waals surface area contributed by atoms with Crippen LogP contribution >= 0.6 is 0 Å². The SMILES string of the molecule is CC(CC(C(=O)OC(C)(C)C)C(=O)OC(C)(C)C)C(=O)c1ccc(-c2ccccc2)cc1. The van der Waals surface area contributed by atoms with Gasteiger partial charge in [-0.25, -0.2) is 0 Å². The molecule has 0 aliphatic carbocycles. The summed E-state index contributed by atoms with van der Waals surface area (Å²) < 4.78 is 10.9. The number of carbonyl (C=O) groups excluding carboxylic acids is 3. The van der Waals surface area contributed by atoms with Crippen LogP contribution in [-0.2, 0) is 19.1 Å². The van der Waals surface area contributed by atoms with Gasteiger partial charge in [-0.15, -0.1) is 0 Å². The highest BCUT2D eigenvalue weighted by molar-refractivity contribution is 6.00. The molecule has 0 radical (unpaired) electrons. The molecule has 5 heteroatoms. The summed E-state index contributed by atoms with van der Waals surface area (Å²) in [6.45, 7) is 12.1. The molecule has 0 saturated heterocycles. The monoisotopic (exact) mass is 438 g/mol. The molecule has 1 atom stereocenters. The van der Waals surface area contributed by atoms with Crippen LogP contribution in [0.2, 0.25) is 0 Å². The molecule has 0 saturated carbocycles. The van der Waals surface area contributed by atoms with Crippen molar-refractivity contribution >= 4 is 17.7 Å². The third-order valence-electron chi connectivity index (χ3n) is 4.70. The minimum Gasteiger partial charge on any atom is -0.459 e. The van der Waals surface area contributed by atoms with E-state index in [0.29, 0.717) is 5.56 Å². The Morgan fingerprint density at radius 1 is 0.719 bits per heavy atom. The van der Waals surface area contributed by atoms with Crippen molar-refractivity contribution in [2.45, 2.75) is 66.1 Å². The maximum Gasteiger partial charge on any atom is 0.320 e. The fourth-order valence-electron chi connectivity index (χ4n) is 3.24. The molecule has 0 spiro atoms. The first-order valence-electron chi connectivity index (χ1n) is 10.9. The molecule has 32 heavy (non-hydrogen) atoms. The molecule has 0 aliphatic rings. The van der Waals surface area contributed by atoms with Crippen molar-refractivity contribution in [2.24, 2.45) is 11.8 Å². The predicted molar refractivity (Wildman–Crippen MR) is 125 cm³/mol. The topological polar surface area (TPSA) is 69.7 Å². The van der Waals surface area contributed by atoms with Crippen molar-refractivity contribution in [3.05, 3.63) is 60.2 Å². The van der Waals surface area contributed by atoms with E-state index in [9.17, 15) is 14.4 Å². The number of hydrogen-bond acceptors (Lipinski definition) is 5. The van der Waals surface area contributed by atoms with E-state index in [1.165, 1.54) is 0 Å². The Morgan fingerprint density at radius 2 is 1.16 bits per heavy atom. The zero-order valence-corrected chi connectivity index (χ0v) is 20.1. The van der Waals surface area contributed by atoms with Crippen molar-refractivity contribution in [3.8, 4) is 11.1 Å². The lowest BCUT2D eigenvalue weighted by molar-refractivity contribution is -0.175. The lowest BCUT2D eigenvalue weighted by atomic mass is 9.89. The van der Waals surface area contributed by atoms with Crippen LogP contribution in [0.1, 0.15) is 65.2 Å². The summed E-state index contributed by atoms with van der Waals surface area (Å²) >= 11 is 0. The van der Waals surface area contributed by atoms with E-state index in [-0.39, 0.29) is 12.2 Å². The maximum absolute atomic E-state index is 13.0. The second kappa shape index (κ2) is 10.1. The predicted octanol–water partition coefficient (Wildman–Crippen LogP) is 5.86. The molecule has 0 heterocycles. The highest BCUT2D eigenvalue weighted by Gasteiger charge is 2.37. The van der Waals surface area contributed by atoms with Crippen LogP contribution in [0, 0.1) is 11.8 Å². The third-order valence-corrected chi connectivity index (χ3v) is 4.70. The van der Waals surface area contributed by atoms with Gasteiger partial charge in [-0.1, -0.05) is 61.5 Å². The molecule has 0 aliphatic heterocycles. The smallest absolute Gasteiger partial charge is 0.320 e. The highest BCUT2D eigenvalue weighted by atomic mass is 16.6. The second-order valence-corrected chi connectivity index (χ2v) is 10.1. The van der Waals surface area contributed by atoms with Crippen molar-refractivity contribution in [1.82, 2.24) is 0 Å². The van der Waals surface area contributed by atoms with Crippen LogP contribution in [0.4, 0.5) is 0 Å². The molecule has 0 aromatic heterocycles. The van der Waals surface area contributed by atoms with Gasteiger partial charge in [-0.05, 0) is 59.1 Å². The van der Waals surface area contributed by atoms with Gasteiger partial charge < -0.3 is 9.47 Å².